The van der Waals surface area contributed by atoms with Gasteiger partial charge in [0.15, 0.2) is 11.5 Å². The number of benzene rings is 1. The van der Waals surface area contributed by atoms with Crippen molar-refractivity contribution in [3.05, 3.63) is 18.2 Å². The number of hydrogen-bond acceptors (Lipinski definition) is 4. The summed E-state index contributed by atoms with van der Waals surface area (Å²) < 4.78 is 10.7. The highest BCUT2D eigenvalue weighted by Gasteiger charge is 2.37. The zero-order valence-electron chi connectivity index (χ0n) is 13.0. The lowest BCUT2D eigenvalue weighted by Crippen LogP contribution is -2.40. The van der Waals surface area contributed by atoms with Crippen molar-refractivity contribution < 1.29 is 19.1 Å². The van der Waals surface area contributed by atoms with Gasteiger partial charge in [0.05, 0.1) is 5.92 Å². The summed E-state index contributed by atoms with van der Waals surface area (Å²) in [5.41, 5.74) is 0.771. The Morgan fingerprint density at radius 2 is 1.87 bits per heavy atom. The Morgan fingerprint density at radius 1 is 1.09 bits per heavy atom. The van der Waals surface area contributed by atoms with Crippen LogP contribution in [0.15, 0.2) is 18.2 Å². The van der Waals surface area contributed by atoms with Crippen molar-refractivity contribution in [1.29, 1.82) is 0 Å². The van der Waals surface area contributed by atoms with Crippen LogP contribution in [0.4, 0.5) is 5.69 Å². The summed E-state index contributed by atoms with van der Waals surface area (Å²) in [4.78, 5) is 28.6. The first-order valence-corrected chi connectivity index (χ1v) is 8.21. The number of ether oxygens (including phenoxy) is 2. The fraction of sp³-hybridized carbons (Fsp3) is 0.529. The molecule has 1 unspecified atom stereocenters. The molecule has 2 fully saturated rings. The second-order valence-electron chi connectivity index (χ2n) is 6.33. The molecule has 1 aromatic rings. The monoisotopic (exact) mass is 316 g/mol. The molecule has 0 N–H and O–H groups in total. The van der Waals surface area contributed by atoms with Crippen molar-refractivity contribution in [2.45, 2.75) is 25.7 Å². The fourth-order valence-corrected chi connectivity index (χ4v) is 3.55. The lowest BCUT2D eigenvalue weighted by Gasteiger charge is -2.29. The van der Waals surface area contributed by atoms with Gasteiger partial charge in [0.2, 0.25) is 18.6 Å². The first kappa shape index (κ1) is 14.4. The maximum absolute atomic E-state index is 12.6. The summed E-state index contributed by atoms with van der Waals surface area (Å²) in [6, 6.07) is 5.47. The minimum absolute atomic E-state index is 0.000718. The van der Waals surface area contributed by atoms with E-state index < -0.39 is 0 Å². The van der Waals surface area contributed by atoms with Gasteiger partial charge in [-0.3, -0.25) is 9.59 Å². The van der Waals surface area contributed by atoms with Crippen LogP contribution in [-0.2, 0) is 9.59 Å². The van der Waals surface area contributed by atoms with Crippen LogP contribution in [0.3, 0.4) is 0 Å². The molecule has 0 spiro atoms. The number of piperidine rings is 1. The Bertz CT molecular complexity index is 639. The van der Waals surface area contributed by atoms with E-state index in [4.69, 9.17) is 9.47 Å². The van der Waals surface area contributed by atoms with Gasteiger partial charge in [0, 0.05) is 37.8 Å². The third-order valence-corrected chi connectivity index (χ3v) is 4.81. The van der Waals surface area contributed by atoms with Gasteiger partial charge in [0.1, 0.15) is 0 Å². The van der Waals surface area contributed by atoms with E-state index in [9.17, 15) is 9.59 Å². The van der Waals surface area contributed by atoms with Gasteiger partial charge in [-0.05, 0) is 31.4 Å². The highest BCUT2D eigenvalue weighted by molar-refractivity contribution is 6.00. The van der Waals surface area contributed by atoms with Gasteiger partial charge in [0.25, 0.3) is 0 Å². The van der Waals surface area contributed by atoms with Crippen molar-refractivity contribution in [3.63, 3.8) is 0 Å². The molecule has 3 heterocycles. The van der Waals surface area contributed by atoms with Crippen LogP contribution in [-0.4, -0.2) is 43.1 Å². The van der Waals surface area contributed by atoms with Gasteiger partial charge in [-0.25, -0.2) is 0 Å². The van der Waals surface area contributed by atoms with Crippen LogP contribution in [0.2, 0.25) is 0 Å². The first-order valence-electron chi connectivity index (χ1n) is 8.21. The molecular weight excluding hydrogens is 296 g/mol. The van der Waals surface area contributed by atoms with E-state index >= 15 is 0 Å². The summed E-state index contributed by atoms with van der Waals surface area (Å²) in [6.07, 6.45) is 3.62. The molecule has 0 aliphatic carbocycles. The molecule has 3 aliphatic heterocycles. The summed E-state index contributed by atoms with van der Waals surface area (Å²) in [7, 11) is 0. The standard InChI is InChI=1S/C17H20N2O4/c20-16-8-12(17(21)18-6-2-1-3-7-18)10-19(16)13-4-5-14-15(9-13)23-11-22-14/h4-5,9,12H,1-3,6-8,10-11H2. The maximum atomic E-state index is 12.6. The highest BCUT2D eigenvalue weighted by atomic mass is 16.7. The molecule has 3 aliphatic rings. The Hall–Kier alpha value is -2.24. The van der Waals surface area contributed by atoms with Crippen molar-refractivity contribution in [2.75, 3.05) is 31.3 Å². The number of fused-ring (bicyclic) bond motifs is 1. The number of anilines is 1. The van der Waals surface area contributed by atoms with Gasteiger partial charge in [-0.1, -0.05) is 0 Å². The minimum Gasteiger partial charge on any atom is -0.454 e. The zero-order valence-corrected chi connectivity index (χ0v) is 13.0. The Labute approximate surface area is 134 Å². The number of hydrogen-bond donors (Lipinski definition) is 0. The number of carbonyl (C=O) groups is 2. The van der Waals surface area contributed by atoms with E-state index in [2.05, 4.69) is 0 Å². The van der Waals surface area contributed by atoms with E-state index in [1.165, 1.54) is 6.42 Å². The number of amides is 2. The van der Waals surface area contributed by atoms with Crippen molar-refractivity contribution in [2.24, 2.45) is 5.92 Å². The third kappa shape index (κ3) is 2.62. The predicted octanol–water partition coefficient (Wildman–Crippen LogP) is 1.78. The van der Waals surface area contributed by atoms with Crippen molar-refractivity contribution in [1.82, 2.24) is 4.90 Å². The van der Waals surface area contributed by atoms with Crippen LogP contribution in [0.25, 0.3) is 0 Å². The van der Waals surface area contributed by atoms with Crippen LogP contribution >= 0.6 is 0 Å². The number of carbonyl (C=O) groups excluding carboxylic acids is 2. The molecule has 0 saturated carbocycles. The van der Waals surface area contributed by atoms with E-state index in [0.717, 1.165) is 31.6 Å². The molecule has 122 valence electrons. The Kier molecular flexibility index (Phi) is 3.59. The lowest BCUT2D eigenvalue weighted by atomic mass is 10.0. The first-order chi connectivity index (χ1) is 11.2. The van der Waals surface area contributed by atoms with E-state index in [0.29, 0.717) is 24.5 Å². The smallest absolute Gasteiger partial charge is 0.231 e. The molecule has 23 heavy (non-hydrogen) atoms. The van der Waals surface area contributed by atoms with Crippen LogP contribution in [0.5, 0.6) is 11.5 Å². The SMILES string of the molecule is O=C(C1CC(=O)N(c2ccc3c(c2)OCO3)C1)N1CCCCC1. The second-order valence-corrected chi connectivity index (χ2v) is 6.33. The molecule has 4 rings (SSSR count). The average molecular weight is 316 g/mol. The van der Waals surface area contributed by atoms with Gasteiger partial charge in [-0.2, -0.15) is 0 Å². The summed E-state index contributed by atoms with van der Waals surface area (Å²) >= 11 is 0. The average Bonchev–Trinajstić information content (AvgIpc) is 3.20. The predicted molar refractivity (Wildman–Crippen MR) is 83.5 cm³/mol. The molecule has 6 heteroatoms. The molecule has 1 atom stereocenters. The molecular formula is C17H20N2O4. The van der Waals surface area contributed by atoms with Gasteiger partial charge in [-0.15, -0.1) is 0 Å². The number of rotatable bonds is 2. The zero-order chi connectivity index (χ0) is 15.8. The lowest BCUT2D eigenvalue weighted by molar-refractivity contribution is -0.136. The minimum atomic E-state index is -0.231. The van der Waals surface area contributed by atoms with E-state index in [1.807, 2.05) is 23.1 Å². The quantitative estimate of drug-likeness (QED) is 0.834. The van der Waals surface area contributed by atoms with Crippen molar-refractivity contribution >= 4 is 17.5 Å². The Balaban J connectivity index is 1.48. The number of nitrogens with zero attached hydrogens (tertiary/aromatic N) is 2. The topological polar surface area (TPSA) is 59.1 Å². The van der Waals surface area contributed by atoms with Crippen molar-refractivity contribution in [3.8, 4) is 11.5 Å². The third-order valence-electron chi connectivity index (χ3n) is 4.81. The molecule has 1 aromatic carbocycles. The largest absolute Gasteiger partial charge is 0.454 e. The highest BCUT2D eigenvalue weighted by Crippen LogP contribution is 2.37. The molecule has 0 radical (unpaired) electrons. The molecule has 0 aromatic heterocycles. The fourth-order valence-electron chi connectivity index (χ4n) is 3.55. The molecule has 2 amide bonds. The van der Waals surface area contributed by atoms with E-state index in [1.54, 1.807) is 4.90 Å². The summed E-state index contributed by atoms with van der Waals surface area (Å²) in [6.45, 7) is 2.32. The number of likely N-dealkylation sites (tertiary alicyclic amines) is 1. The Morgan fingerprint density at radius 3 is 2.70 bits per heavy atom. The summed E-state index contributed by atoms with van der Waals surface area (Å²) in [5.74, 6) is 1.24. The van der Waals surface area contributed by atoms with Crippen LogP contribution in [0.1, 0.15) is 25.7 Å². The summed E-state index contributed by atoms with van der Waals surface area (Å²) in [5, 5.41) is 0. The van der Waals surface area contributed by atoms with Crippen LogP contribution in [0, 0.1) is 5.92 Å². The molecule has 6 nitrogen and oxygen atoms in total. The molecule has 2 saturated heterocycles. The van der Waals surface area contributed by atoms with E-state index in [-0.39, 0.29) is 24.5 Å². The molecule has 0 bridgehead atoms. The van der Waals surface area contributed by atoms with Gasteiger partial charge >= 0.3 is 0 Å². The van der Waals surface area contributed by atoms with Crippen LogP contribution < -0.4 is 14.4 Å². The maximum Gasteiger partial charge on any atom is 0.231 e. The second kappa shape index (κ2) is 5.76. The normalized spacial score (nSPS) is 23.5. The van der Waals surface area contributed by atoms with Gasteiger partial charge < -0.3 is 19.3 Å².